The summed E-state index contributed by atoms with van der Waals surface area (Å²) in [5, 5.41) is 8.32. The molecular weight excluding hydrogens is 247 g/mol. The molecular formula is C13H29N2O2P. The Morgan fingerprint density at radius 1 is 1.17 bits per heavy atom. The fourth-order valence-corrected chi connectivity index (χ4v) is 2.41. The minimum Gasteiger partial charge on any atom is -0.338 e. The summed E-state index contributed by atoms with van der Waals surface area (Å²) in [4.78, 5) is 9.74. The third-order valence-electron chi connectivity index (χ3n) is 2.18. The van der Waals surface area contributed by atoms with Crippen LogP contribution in [0.3, 0.4) is 0 Å². The van der Waals surface area contributed by atoms with Crippen molar-refractivity contribution in [3.05, 3.63) is 0 Å². The molecule has 0 aliphatic rings. The highest BCUT2D eigenvalue weighted by molar-refractivity contribution is 7.43. The first-order chi connectivity index (χ1) is 8.42. The van der Waals surface area contributed by atoms with Crippen molar-refractivity contribution in [1.29, 1.82) is 5.26 Å². The van der Waals surface area contributed by atoms with E-state index in [-0.39, 0.29) is 12.1 Å². The summed E-state index contributed by atoms with van der Waals surface area (Å²) in [5.74, 6) is 0. The Morgan fingerprint density at radius 2 is 1.61 bits per heavy atom. The van der Waals surface area contributed by atoms with Gasteiger partial charge in [-0.2, -0.15) is 5.26 Å². The molecule has 18 heavy (non-hydrogen) atoms. The molecule has 0 radical (unpaired) electrons. The van der Waals surface area contributed by atoms with E-state index >= 15 is 0 Å². The standard InChI is InChI=1S/C9H19N2O2P.C4H10/c1-8(2)11(9(3)4)14(12)13-7-5-6-10;1-3-4-2/h8-9,12H,5,7H2,1-4H3;3-4H2,1-2H3. The summed E-state index contributed by atoms with van der Waals surface area (Å²) in [5.41, 5.74) is 0. The Bertz CT molecular complexity index is 208. The van der Waals surface area contributed by atoms with Gasteiger partial charge in [-0.1, -0.05) is 26.7 Å². The molecule has 1 atom stereocenters. The van der Waals surface area contributed by atoms with E-state index in [9.17, 15) is 4.89 Å². The molecule has 0 heterocycles. The SMILES string of the molecule is CC(C)N(C(C)C)P(O)OCCC#N.CCCC. The number of hydrogen-bond donors (Lipinski definition) is 1. The Kier molecular flexibility index (Phi) is 14.8. The molecule has 108 valence electrons. The van der Waals surface area contributed by atoms with Crippen LogP contribution in [0.5, 0.6) is 0 Å². The summed E-state index contributed by atoms with van der Waals surface area (Å²) in [7, 11) is -1.55. The number of rotatable bonds is 7. The lowest BCUT2D eigenvalue weighted by Gasteiger charge is -2.32. The van der Waals surface area contributed by atoms with E-state index in [1.165, 1.54) is 12.8 Å². The highest BCUT2D eigenvalue weighted by Crippen LogP contribution is 2.40. The molecule has 0 rings (SSSR count). The van der Waals surface area contributed by atoms with Crippen molar-refractivity contribution in [1.82, 2.24) is 4.67 Å². The first kappa shape index (κ1) is 20.1. The van der Waals surface area contributed by atoms with Gasteiger partial charge >= 0.3 is 0 Å². The molecule has 0 aliphatic heterocycles. The number of hydrogen-bond acceptors (Lipinski definition) is 4. The molecule has 0 aromatic heterocycles. The molecule has 1 unspecified atom stereocenters. The molecule has 1 N–H and O–H groups in total. The van der Waals surface area contributed by atoms with E-state index in [4.69, 9.17) is 9.79 Å². The van der Waals surface area contributed by atoms with Crippen molar-refractivity contribution in [3.63, 3.8) is 0 Å². The smallest absolute Gasteiger partial charge is 0.256 e. The number of nitriles is 1. The maximum atomic E-state index is 9.74. The third-order valence-corrected chi connectivity index (χ3v) is 3.91. The van der Waals surface area contributed by atoms with Gasteiger partial charge in [0.15, 0.2) is 0 Å². The Balaban J connectivity index is 0. The third kappa shape index (κ3) is 10.9. The number of nitrogens with zero attached hydrogens (tertiary/aromatic N) is 2. The van der Waals surface area contributed by atoms with Crippen LogP contribution >= 0.6 is 8.53 Å². The molecule has 0 aromatic carbocycles. The first-order valence-corrected chi connectivity index (χ1v) is 7.85. The van der Waals surface area contributed by atoms with Gasteiger partial charge in [-0.25, -0.2) is 4.67 Å². The molecule has 0 bridgehead atoms. The van der Waals surface area contributed by atoms with E-state index in [1.807, 2.05) is 38.4 Å². The van der Waals surface area contributed by atoms with Crippen molar-refractivity contribution in [2.45, 2.75) is 72.9 Å². The van der Waals surface area contributed by atoms with Gasteiger partial charge in [0.2, 0.25) is 0 Å². The maximum absolute atomic E-state index is 9.74. The minimum atomic E-state index is -1.55. The van der Waals surface area contributed by atoms with Crippen molar-refractivity contribution in [2.24, 2.45) is 0 Å². The quantitative estimate of drug-likeness (QED) is 0.562. The predicted octanol–water partition coefficient (Wildman–Crippen LogP) is 4.06. The van der Waals surface area contributed by atoms with E-state index in [0.717, 1.165) is 0 Å². The Morgan fingerprint density at radius 3 is 1.89 bits per heavy atom. The second kappa shape index (κ2) is 13.2. The van der Waals surface area contributed by atoms with Crippen LogP contribution < -0.4 is 0 Å². The van der Waals surface area contributed by atoms with Crippen LogP contribution in [0.4, 0.5) is 0 Å². The summed E-state index contributed by atoms with van der Waals surface area (Å²) >= 11 is 0. The van der Waals surface area contributed by atoms with Crippen molar-refractivity contribution >= 4 is 8.53 Å². The summed E-state index contributed by atoms with van der Waals surface area (Å²) < 4.78 is 7.10. The molecule has 0 aromatic rings. The lowest BCUT2D eigenvalue weighted by atomic mass is 10.3. The highest BCUT2D eigenvalue weighted by atomic mass is 31.2. The molecule has 0 spiro atoms. The fraction of sp³-hybridized carbons (Fsp3) is 0.923. The minimum absolute atomic E-state index is 0.244. The van der Waals surface area contributed by atoms with Crippen LogP contribution in [0.2, 0.25) is 0 Å². The van der Waals surface area contributed by atoms with Gasteiger partial charge in [-0.15, -0.1) is 0 Å². The average molecular weight is 276 g/mol. The largest absolute Gasteiger partial charge is 0.338 e. The zero-order valence-electron chi connectivity index (χ0n) is 12.7. The predicted molar refractivity (Wildman–Crippen MR) is 78.0 cm³/mol. The van der Waals surface area contributed by atoms with Crippen LogP contribution in [0.1, 0.15) is 60.8 Å². The van der Waals surface area contributed by atoms with Crippen LogP contribution in [-0.2, 0) is 4.52 Å². The normalized spacial score (nSPS) is 12.3. The summed E-state index contributed by atoms with van der Waals surface area (Å²) in [6, 6.07) is 2.46. The zero-order valence-corrected chi connectivity index (χ0v) is 13.6. The van der Waals surface area contributed by atoms with Crippen molar-refractivity contribution in [2.75, 3.05) is 6.61 Å². The second-order valence-corrected chi connectivity index (χ2v) is 5.79. The van der Waals surface area contributed by atoms with Crippen LogP contribution in [0.15, 0.2) is 0 Å². The monoisotopic (exact) mass is 276 g/mol. The molecule has 0 saturated heterocycles. The Hall–Kier alpha value is -0.200. The molecule has 0 fully saturated rings. The molecule has 0 amide bonds. The number of unbranched alkanes of at least 4 members (excludes halogenated alkanes) is 1. The molecule has 0 aliphatic carbocycles. The van der Waals surface area contributed by atoms with Gasteiger partial charge in [-0.3, -0.25) is 0 Å². The van der Waals surface area contributed by atoms with Gasteiger partial charge in [0, 0.05) is 12.1 Å². The molecule has 5 heteroatoms. The lowest BCUT2D eigenvalue weighted by molar-refractivity contribution is 0.215. The maximum Gasteiger partial charge on any atom is 0.256 e. The van der Waals surface area contributed by atoms with Crippen LogP contribution in [-0.4, -0.2) is 28.3 Å². The second-order valence-electron chi connectivity index (χ2n) is 4.56. The van der Waals surface area contributed by atoms with Crippen molar-refractivity contribution in [3.8, 4) is 6.07 Å². The summed E-state index contributed by atoms with van der Waals surface area (Å²) in [6.45, 7) is 12.7. The van der Waals surface area contributed by atoms with Gasteiger partial charge < -0.3 is 9.42 Å². The summed E-state index contributed by atoms with van der Waals surface area (Å²) in [6.07, 6.45) is 2.96. The van der Waals surface area contributed by atoms with Crippen LogP contribution in [0.25, 0.3) is 0 Å². The average Bonchev–Trinajstić information content (AvgIpc) is 2.28. The van der Waals surface area contributed by atoms with E-state index in [1.54, 1.807) is 0 Å². The fourth-order valence-electron chi connectivity index (χ4n) is 1.23. The topological polar surface area (TPSA) is 56.5 Å². The zero-order chi connectivity index (χ0) is 14.6. The van der Waals surface area contributed by atoms with Crippen LogP contribution in [0, 0.1) is 11.3 Å². The van der Waals surface area contributed by atoms with Gasteiger partial charge in [-0.05, 0) is 27.7 Å². The molecule has 0 saturated carbocycles. The lowest BCUT2D eigenvalue weighted by Crippen LogP contribution is -2.32. The van der Waals surface area contributed by atoms with E-state index < -0.39 is 8.53 Å². The van der Waals surface area contributed by atoms with E-state index in [2.05, 4.69) is 13.8 Å². The van der Waals surface area contributed by atoms with Gasteiger partial charge in [0.05, 0.1) is 19.1 Å². The van der Waals surface area contributed by atoms with E-state index in [0.29, 0.717) is 13.0 Å². The van der Waals surface area contributed by atoms with Gasteiger partial charge in [0.25, 0.3) is 8.53 Å². The van der Waals surface area contributed by atoms with Crippen molar-refractivity contribution < 1.29 is 9.42 Å². The highest BCUT2D eigenvalue weighted by Gasteiger charge is 2.23. The van der Waals surface area contributed by atoms with Gasteiger partial charge in [0.1, 0.15) is 0 Å². The Labute approximate surface area is 114 Å². The first-order valence-electron chi connectivity index (χ1n) is 6.69. The molecule has 4 nitrogen and oxygen atoms in total.